The van der Waals surface area contributed by atoms with Gasteiger partial charge < -0.3 is 10.0 Å². The third-order valence-electron chi connectivity index (χ3n) is 6.44. The van der Waals surface area contributed by atoms with Crippen LogP contribution in [-0.4, -0.2) is 69.9 Å². The van der Waals surface area contributed by atoms with E-state index in [2.05, 4.69) is 52.0 Å². The Morgan fingerprint density at radius 2 is 1.88 bits per heavy atom. The fourth-order valence-electron chi connectivity index (χ4n) is 4.75. The third-order valence-corrected chi connectivity index (χ3v) is 6.44. The standard InChI is InChI=1S/C22H30N4O.C2HF3O2/c1-15-11-18(13-22(27)20-12-16(2)23-24-20)6-7-21(15)25-10-8-19(14-25)26-9-4-5-17(26)3;3-2(4,5)1(6)7/h6-7,11-12,17,19H,4-5,8-10,13-14H2,1-3H3,(H,23,24);(H,6,7)/t17-,19-;/m0./s1. The number of alkyl halides is 3. The number of hydrogen-bond donors (Lipinski definition) is 2. The molecule has 2 N–H and O–H groups in total. The maximum Gasteiger partial charge on any atom is 0.490 e. The van der Waals surface area contributed by atoms with Crippen LogP contribution >= 0.6 is 0 Å². The van der Waals surface area contributed by atoms with Gasteiger partial charge >= 0.3 is 12.1 Å². The number of anilines is 1. The first kappa shape index (κ1) is 25.7. The zero-order chi connectivity index (χ0) is 25.0. The molecule has 7 nitrogen and oxygen atoms in total. The van der Waals surface area contributed by atoms with Crippen molar-refractivity contribution in [3.63, 3.8) is 0 Å². The zero-order valence-corrected chi connectivity index (χ0v) is 19.7. The molecule has 10 heteroatoms. The summed E-state index contributed by atoms with van der Waals surface area (Å²) in [6.45, 7) is 9.94. The Labute approximate surface area is 196 Å². The predicted octanol–water partition coefficient (Wildman–Crippen LogP) is 4.15. The highest BCUT2D eigenvalue weighted by Crippen LogP contribution is 2.30. The fraction of sp³-hybridized carbons (Fsp3) is 0.542. The molecular formula is C24H31F3N4O3. The van der Waals surface area contributed by atoms with Crippen LogP contribution in [0.5, 0.6) is 0 Å². The highest BCUT2D eigenvalue weighted by atomic mass is 19.4. The summed E-state index contributed by atoms with van der Waals surface area (Å²) in [6, 6.07) is 9.70. The summed E-state index contributed by atoms with van der Waals surface area (Å²) in [5.41, 5.74) is 5.08. The number of H-pyrrole nitrogens is 1. The first-order valence-electron chi connectivity index (χ1n) is 11.4. The lowest BCUT2D eigenvalue weighted by atomic mass is 10.0. The van der Waals surface area contributed by atoms with Crippen LogP contribution in [0.1, 0.15) is 53.5 Å². The lowest BCUT2D eigenvalue weighted by molar-refractivity contribution is -0.192. The van der Waals surface area contributed by atoms with Crippen LogP contribution in [-0.2, 0) is 11.2 Å². The van der Waals surface area contributed by atoms with Gasteiger partial charge in [0.2, 0.25) is 0 Å². The number of nitrogens with zero attached hydrogens (tertiary/aromatic N) is 3. The van der Waals surface area contributed by atoms with Gasteiger partial charge in [0, 0.05) is 43.0 Å². The Bertz CT molecular complexity index is 1020. The molecule has 0 amide bonds. The Morgan fingerprint density at radius 1 is 1.18 bits per heavy atom. The van der Waals surface area contributed by atoms with Gasteiger partial charge in [-0.15, -0.1) is 0 Å². The van der Waals surface area contributed by atoms with Gasteiger partial charge in [0.05, 0.1) is 0 Å². The SMILES string of the molecule is Cc1cc(C(=O)Cc2ccc(N3CC[C@H](N4CCC[C@@H]4C)C3)c(C)c2)n[nH]1.O=C(O)C(F)(F)F. The maximum atomic E-state index is 12.4. The molecule has 4 rings (SSSR count). The van der Waals surface area contributed by atoms with Crippen molar-refractivity contribution in [3.05, 3.63) is 46.8 Å². The van der Waals surface area contributed by atoms with Crippen molar-refractivity contribution in [2.45, 2.75) is 64.7 Å². The molecule has 0 radical (unpaired) electrons. The van der Waals surface area contributed by atoms with E-state index in [1.54, 1.807) is 0 Å². The number of Topliss-reactive ketones (excluding diaryl/α,β-unsaturated/α-hetero) is 1. The molecule has 186 valence electrons. The van der Waals surface area contributed by atoms with Gasteiger partial charge in [0.1, 0.15) is 5.69 Å². The Kier molecular flexibility index (Phi) is 8.01. The number of ketones is 1. The van der Waals surface area contributed by atoms with Crippen molar-refractivity contribution >= 4 is 17.4 Å². The topological polar surface area (TPSA) is 89.5 Å². The number of aryl methyl sites for hydroxylation is 2. The molecule has 0 unspecified atom stereocenters. The summed E-state index contributed by atoms with van der Waals surface area (Å²) in [4.78, 5) is 26.5. The second-order valence-electron chi connectivity index (χ2n) is 9.08. The minimum atomic E-state index is -5.08. The number of carboxylic acids is 1. The number of carbonyl (C=O) groups is 2. The number of rotatable bonds is 5. The molecule has 1 aromatic heterocycles. The predicted molar refractivity (Wildman–Crippen MR) is 122 cm³/mol. The van der Waals surface area contributed by atoms with E-state index in [9.17, 15) is 18.0 Å². The van der Waals surface area contributed by atoms with Crippen LogP contribution in [0.4, 0.5) is 18.9 Å². The van der Waals surface area contributed by atoms with Gasteiger partial charge in [-0.3, -0.25) is 14.8 Å². The first-order valence-corrected chi connectivity index (χ1v) is 11.4. The molecule has 34 heavy (non-hydrogen) atoms. The molecule has 2 saturated heterocycles. The number of hydrogen-bond acceptors (Lipinski definition) is 5. The Morgan fingerprint density at radius 3 is 2.41 bits per heavy atom. The van der Waals surface area contributed by atoms with Crippen LogP contribution in [0.25, 0.3) is 0 Å². The zero-order valence-electron chi connectivity index (χ0n) is 19.7. The van der Waals surface area contributed by atoms with E-state index in [0.717, 1.165) is 30.4 Å². The molecule has 0 saturated carbocycles. The van der Waals surface area contributed by atoms with Crippen LogP contribution in [0.2, 0.25) is 0 Å². The van der Waals surface area contributed by atoms with E-state index in [1.165, 1.54) is 37.1 Å². The molecule has 0 bridgehead atoms. The monoisotopic (exact) mass is 480 g/mol. The highest BCUT2D eigenvalue weighted by molar-refractivity contribution is 5.95. The summed E-state index contributed by atoms with van der Waals surface area (Å²) in [7, 11) is 0. The summed E-state index contributed by atoms with van der Waals surface area (Å²) in [6.07, 6.45) is -0.745. The molecule has 0 spiro atoms. The number of aliphatic carboxylic acids is 1. The van der Waals surface area contributed by atoms with Crippen LogP contribution in [0.3, 0.4) is 0 Å². The second kappa shape index (κ2) is 10.6. The second-order valence-corrected chi connectivity index (χ2v) is 9.08. The molecule has 2 aliphatic rings. The Hall–Kier alpha value is -2.88. The van der Waals surface area contributed by atoms with Crippen molar-refractivity contribution in [2.75, 3.05) is 24.5 Å². The molecule has 2 atom stereocenters. The smallest absolute Gasteiger partial charge is 0.475 e. The van der Waals surface area contributed by atoms with E-state index in [-0.39, 0.29) is 5.78 Å². The van der Waals surface area contributed by atoms with E-state index in [4.69, 9.17) is 9.90 Å². The van der Waals surface area contributed by atoms with Crippen LogP contribution < -0.4 is 4.90 Å². The van der Waals surface area contributed by atoms with Gasteiger partial charge in [0.15, 0.2) is 5.78 Å². The van der Waals surface area contributed by atoms with Crippen LogP contribution in [0.15, 0.2) is 24.3 Å². The van der Waals surface area contributed by atoms with Gasteiger partial charge in [-0.1, -0.05) is 12.1 Å². The number of nitrogens with one attached hydrogen (secondary N) is 1. The van der Waals surface area contributed by atoms with Gasteiger partial charge in [-0.2, -0.15) is 18.3 Å². The lowest BCUT2D eigenvalue weighted by Gasteiger charge is -2.29. The van der Waals surface area contributed by atoms with Gasteiger partial charge in [-0.25, -0.2) is 4.79 Å². The van der Waals surface area contributed by atoms with Crippen molar-refractivity contribution in [1.82, 2.24) is 15.1 Å². The number of likely N-dealkylation sites (tertiary alicyclic amines) is 1. The summed E-state index contributed by atoms with van der Waals surface area (Å²) in [5, 5.41) is 14.0. The van der Waals surface area contributed by atoms with Gasteiger partial charge in [-0.05, 0) is 69.8 Å². The van der Waals surface area contributed by atoms with Crippen molar-refractivity contribution < 1.29 is 27.9 Å². The molecule has 2 aromatic rings. The number of halogens is 3. The minimum Gasteiger partial charge on any atom is -0.475 e. The molecule has 3 heterocycles. The van der Waals surface area contributed by atoms with Gasteiger partial charge in [0.25, 0.3) is 0 Å². The first-order chi connectivity index (χ1) is 16.0. The largest absolute Gasteiger partial charge is 0.490 e. The minimum absolute atomic E-state index is 0.0655. The van der Waals surface area contributed by atoms with Crippen molar-refractivity contribution in [1.29, 1.82) is 0 Å². The number of carboxylic acid groups (broad SMARTS) is 1. The molecule has 2 fully saturated rings. The number of carbonyl (C=O) groups excluding carboxylic acids is 1. The maximum absolute atomic E-state index is 12.4. The van der Waals surface area contributed by atoms with Crippen molar-refractivity contribution in [3.8, 4) is 0 Å². The summed E-state index contributed by atoms with van der Waals surface area (Å²) < 4.78 is 31.7. The van der Waals surface area contributed by atoms with E-state index in [1.807, 2.05) is 13.0 Å². The van der Waals surface area contributed by atoms with Crippen molar-refractivity contribution in [2.24, 2.45) is 0 Å². The number of aromatic nitrogens is 2. The average molecular weight is 481 g/mol. The average Bonchev–Trinajstić information content (AvgIpc) is 3.49. The Balaban J connectivity index is 0.000000406. The molecule has 0 aliphatic carbocycles. The number of benzene rings is 1. The quantitative estimate of drug-likeness (QED) is 0.625. The van der Waals surface area contributed by atoms with E-state index in [0.29, 0.717) is 18.2 Å². The lowest BCUT2D eigenvalue weighted by Crippen LogP contribution is -2.39. The fourth-order valence-corrected chi connectivity index (χ4v) is 4.75. The van der Waals surface area contributed by atoms with E-state index < -0.39 is 12.1 Å². The molecule has 2 aliphatic heterocycles. The molecule has 1 aromatic carbocycles. The van der Waals surface area contributed by atoms with E-state index >= 15 is 0 Å². The number of aromatic amines is 1. The normalized spacial score (nSPS) is 20.8. The summed E-state index contributed by atoms with van der Waals surface area (Å²) >= 11 is 0. The third kappa shape index (κ3) is 6.37. The molecular weight excluding hydrogens is 449 g/mol. The highest BCUT2D eigenvalue weighted by Gasteiger charge is 2.38. The summed E-state index contributed by atoms with van der Waals surface area (Å²) in [5.74, 6) is -2.69. The van der Waals surface area contributed by atoms with Crippen LogP contribution in [0, 0.1) is 13.8 Å².